The maximum Gasteiger partial charge on any atom is 0.243 e. The maximum absolute atomic E-state index is 12.5. The van der Waals surface area contributed by atoms with Crippen LogP contribution in [0, 0.1) is 5.92 Å². The van der Waals surface area contributed by atoms with E-state index in [1.54, 1.807) is 28.6 Å². The summed E-state index contributed by atoms with van der Waals surface area (Å²) in [5.41, 5.74) is 6.49. The Bertz CT molecular complexity index is 517. The fourth-order valence-electron chi connectivity index (χ4n) is 2.79. The highest BCUT2D eigenvalue weighted by Gasteiger charge is 2.28. The molecule has 0 atom stereocenters. The monoisotopic (exact) mass is 296 g/mol. The van der Waals surface area contributed by atoms with E-state index in [0.29, 0.717) is 30.4 Å². The van der Waals surface area contributed by atoms with Crippen LogP contribution in [0.1, 0.15) is 38.2 Å². The first-order chi connectivity index (χ1) is 9.57. The highest BCUT2D eigenvalue weighted by Crippen LogP contribution is 2.26. The van der Waals surface area contributed by atoms with Gasteiger partial charge in [0, 0.05) is 19.6 Å². The summed E-state index contributed by atoms with van der Waals surface area (Å²) < 4.78 is 26.7. The van der Waals surface area contributed by atoms with Crippen LogP contribution in [0.5, 0.6) is 0 Å². The standard InChI is InChI=1S/C15H24N2O2S/c1-2-3-13-8-10-17(11-9-13)20(18,19)15-6-4-14(12-16)5-7-15/h4-7,13H,2-3,8-12,16H2,1H3. The van der Waals surface area contributed by atoms with Gasteiger partial charge in [-0.05, 0) is 36.5 Å². The Morgan fingerprint density at radius 1 is 1.20 bits per heavy atom. The molecular weight excluding hydrogens is 272 g/mol. The first-order valence-corrected chi connectivity index (χ1v) is 8.81. The normalized spacial score (nSPS) is 18.3. The van der Waals surface area contributed by atoms with E-state index in [9.17, 15) is 8.42 Å². The van der Waals surface area contributed by atoms with Gasteiger partial charge in [0.1, 0.15) is 0 Å². The molecule has 1 saturated heterocycles. The molecule has 0 unspecified atom stereocenters. The van der Waals surface area contributed by atoms with Crippen molar-refractivity contribution in [3.05, 3.63) is 29.8 Å². The van der Waals surface area contributed by atoms with E-state index in [4.69, 9.17) is 5.73 Å². The van der Waals surface area contributed by atoms with E-state index < -0.39 is 10.0 Å². The van der Waals surface area contributed by atoms with E-state index in [2.05, 4.69) is 6.92 Å². The second-order valence-electron chi connectivity index (χ2n) is 5.48. The van der Waals surface area contributed by atoms with E-state index in [-0.39, 0.29) is 0 Å². The third kappa shape index (κ3) is 3.40. The molecule has 1 aliphatic rings. The lowest BCUT2D eigenvalue weighted by Gasteiger charge is -2.31. The van der Waals surface area contributed by atoms with Crippen LogP contribution in [0.25, 0.3) is 0 Å². The van der Waals surface area contributed by atoms with E-state index in [1.807, 2.05) is 0 Å². The highest BCUT2D eigenvalue weighted by atomic mass is 32.2. The molecule has 4 nitrogen and oxygen atoms in total. The minimum Gasteiger partial charge on any atom is -0.326 e. The molecule has 20 heavy (non-hydrogen) atoms. The smallest absolute Gasteiger partial charge is 0.243 e. The molecule has 0 radical (unpaired) electrons. The van der Waals surface area contributed by atoms with Crippen molar-refractivity contribution in [1.82, 2.24) is 4.31 Å². The Hall–Kier alpha value is -0.910. The number of sulfonamides is 1. The van der Waals surface area contributed by atoms with Crippen molar-refractivity contribution in [1.29, 1.82) is 0 Å². The molecule has 0 aliphatic carbocycles. The molecule has 0 spiro atoms. The van der Waals surface area contributed by atoms with Crippen molar-refractivity contribution in [3.63, 3.8) is 0 Å². The Morgan fingerprint density at radius 2 is 1.80 bits per heavy atom. The zero-order valence-electron chi connectivity index (χ0n) is 12.1. The van der Waals surface area contributed by atoms with Crippen LogP contribution < -0.4 is 5.73 Å². The summed E-state index contributed by atoms with van der Waals surface area (Å²) in [6.07, 6.45) is 4.35. The van der Waals surface area contributed by atoms with Crippen LogP contribution in [-0.4, -0.2) is 25.8 Å². The Labute approximate surface area is 122 Å². The minimum atomic E-state index is -3.33. The Morgan fingerprint density at radius 3 is 2.30 bits per heavy atom. The quantitative estimate of drug-likeness (QED) is 0.907. The average molecular weight is 296 g/mol. The van der Waals surface area contributed by atoms with Crippen molar-refractivity contribution >= 4 is 10.0 Å². The SMILES string of the molecule is CCCC1CCN(S(=O)(=O)c2ccc(CN)cc2)CC1. The number of rotatable bonds is 5. The molecule has 1 aromatic rings. The van der Waals surface area contributed by atoms with Crippen LogP contribution in [0.2, 0.25) is 0 Å². The molecule has 5 heteroatoms. The third-order valence-corrected chi connectivity index (χ3v) is 5.98. The van der Waals surface area contributed by atoms with Crippen LogP contribution in [0.15, 0.2) is 29.2 Å². The van der Waals surface area contributed by atoms with Gasteiger partial charge in [-0.15, -0.1) is 0 Å². The van der Waals surface area contributed by atoms with Gasteiger partial charge in [-0.3, -0.25) is 0 Å². The van der Waals surface area contributed by atoms with Crippen LogP contribution in [-0.2, 0) is 16.6 Å². The summed E-state index contributed by atoms with van der Waals surface area (Å²) in [6.45, 7) is 3.90. The van der Waals surface area contributed by atoms with Crippen LogP contribution in [0.4, 0.5) is 0 Å². The molecular formula is C15H24N2O2S. The van der Waals surface area contributed by atoms with E-state index in [0.717, 1.165) is 18.4 Å². The molecule has 1 aliphatic heterocycles. The van der Waals surface area contributed by atoms with Gasteiger partial charge in [0.2, 0.25) is 10.0 Å². The van der Waals surface area contributed by atoms with Gasteiger partial charge in [0.15, 0.2) is 0 Å². The molecule has 0 amide bonds. The molecule has 0 bridgehead atoms. The number of nitrogens with zero attached hydrogens (tertiary/aromatic N) is 1. The number of hydrogen-bond donors (Lipinski definition) is 1. The summed E-state index contributed by atoms with van der Waals surface area (Å²) in [5.74, 6) is 0.686. The molecule has 2 N–H and O–H groups in total. The van der Waals surface area contributed by atoms with Gasteiger partial charge < -0.3 is 5.73 Å². The Kier molecular flexibility index (Phi) is 5.18. The summed E-state index contributed by atoms with van der Waals surface area (Å²) in [4.78, 5) is 0.378. The number of benzene rings is 1. The molecule has 0 aromatic heterocycles. The number of nitrogens with two attached hydrogens (primary N) is 1. The molecule has 1 aromatic carbocycles. The first kappa shape index (κ1) is 15.5. The van der Waals surface area contributed by atoms with Gasteiger partial charge in [0.25, 0.3) is 0 Å². The Balaban J connectivity index is 2.07. The van der Waals surface area contributed by atoms with E-state index >= 15 is 0 Å². The van der Waals surface area contributed by atoms with Crippen molar-refractivity contribution in [2.75, 3.05) is 13.1 Å². The summed E-state index contributed by atoms with van der Waals surface area (Å²) in [6, 6.07) is 6.90. The van der Waals surface area contributed by atoms with E-state index in [1.165, 1.54) is 12.8 Å². The van der Waals surface area contributed by atoms with Crippen molar-refractivity contribution in [2.24, 2.45) is 11.7 Å². The van der Waals surface area contributed by atoms with Crippen molar-refractivity contribution < 1.29 is 8.42 Å². The zero-order valence-corrected chi connectivity index (χ0v) is 12.9. The lowest BCUT2D eigenvalue weighted by Crippen LogP contribution is -2.38. The topological polar surface area (TPSA) is 63.4 Å². The summed E-state index contributed by atoms with van der Waals surface area (Å²) in [5, 5.41) is 0. The van der Waals surface area contributed by atoms with Crippen LogP contribution >= 0.6 is 0 Å². The van der Waals surface area contributed by atoms with Gasteiger partial charge in [0.05, 0.1) is 4.90 Å². The lowest BCUT2D eigenvalue weighted by molar-refractivity contribution is 0.262. The maximum atomic E-state index is 12.5. The van der Waals surface area contributed by atoms with Crippen molar-refractivity contribution in [2.45, 2.75) is 44.0 Å². The largest absolute Gasteiger partial charge is 0.326 e. The first-order valence-electron chi connectivity index (χ1n) is 7.37. The summed E-state index contributed by atoms with van der Waals surface area (Å²) >= 11 is 0. The van der Waals surface area contributed by atoms with Crippen molar-refractivity contribution in [3.8, 4) is 0 Å². The molecule has 112 valence electrons. The highest BCUT2D eigenvalue weighted by molar-refractivity contribution is 7.89. The predicted octanol–water partition coefficient (Wildman–Crippen LogP) is 2.35. The molecule has 2 rings (SSSR count). The third-order valence-electron chi connectivity index (χ3n) is 4.07. The van der Waals surface area contributed by atoms with Gasteiger partial charge in [-0.2, -0.15) is 4.31 Å². The fourth-order valence-corrected chi connectivity index (χ4v) is 4.26. The average Bonchev–Trinajstić information content (AvgIpc) is 2.48. The predicted molar refractivity (Wildman–Crippen MR) is 80.7 cm³/mol. The second kappa shape index (κ2) is 6.70. The van der Waals surface area contributed by atoms with Gasteiger partial charge >= 0.3 is 0 Å². The number of hydrogen-bond acceptors (Lipinski definition) is 3. The second-order valence-corrected chi connectivity index (χ2v) is 7.42. The van der Waals surface area contributed by atoms with Gasteiger partial charge in [-0.1, -0.05) is 31.9 Å². The van der Waals surface area contributed by atoms with Crippen LogP contribution in [0.3, 0.4) is 0 Å². The van der Waals surface area contributed by atoms with Gasteiger partial charge in [-0.25, -0.2) is 8.42 Å². The molecule has 0 saturated carbocycles. The molecule has 1 fully saturated rings. The lowest BCUT2D eigenvalue weighted by atomic mass is 9.94. The molecule has 1 heterocycles. The minimum absolute atomic E-state index is 0.378. The summed E-state index contributed by atoms with van der Waals surface area (Å²) in [7, 11) is -3.33. The fraction of sp³-hybridized carbons (Fsp3) is 0.600. The zero-order chi connectivity index (χ0) is 14.6. The number of piperidine rings is 1.